The van der Waals surface area contributed by atoms with Crippen molar-refractivity contribution in [3.63, 3.8) is 0 Å². The molecule has 1 heteroatoms. The van der Waals surface area contributed by atoms with Crippen molar-refractivity contribution in [3.05, 3.63) is 35.4 Å². The van der Waals surface area contributed by atoms with Crippen molar-refractivity contribution in [1.82, 2.24) is 0 Å². The Kier molecular flexibility index (Phi) is 3.42. The first kappa shape index (κ1) is 13.2. The smallest absolute Gasteiger partial charge is 0.0227 e. The third-order valence-electron chi connectivity index (χ3n) is 5.91. The highest BCUT2D eigenvalue weighted by molar-refractivity contribution is 5.32. The second-order valence-corrected chi connectivity index (χ2v) is 7.14. The van der Waals surface area contributed by atoms with Gasteiger partial charge in [-0.3, -0.25) is 0 Å². The zero-order valence-electron chi connectivity index (χ0n) is 12.4. The lowest BCUT2D eigenvalue weighted by atomic mass is 9.63. The molecule has 0 heterocycles. The first-order valence-electron chi connectivity index (χ1n) is 7.94. The van der Waals surface area contributed by atoms with Crippen LogP contribution in [0.15, 0.2) is 24.3 Å². The number of fused-ring (bicyclic) bond motifs is 1. The fourth-order valence-corrected chi connectivity index (χ4v) is 4.20. The predicted molar refractivity (Wildman–Crippen MR) is 81.1 cm³/mol. The van der Waals surface area contributed by atoms with Gasteiger partial charge in [-0.05, 0) is 61.0 Å². The molecule has 0 aromatic heterocycles. The minimum absolute atomic E-state index is 0.0583. The molecule has 2 aliphatic rings. The molecule has 0 saturated heterocycles. The number of hydrogen-bond donors (Lipinski definition) is 1. The molecule has 0 bridgehead atoms. The summed E-state index contributed by atoms with van der Waals surface area (Å²) in [4.78, 5) is 0. The van der Waals surface area contributed by atoms with E-state index in [1.165, 1.54) is 43.2 Å². The van der Waals surface area contributed by atoms with Gasteiger partial charge in [0.05, 0.1) is 0 Å². The molecule has 0 amide bonds. The SMILES string of the molecule is CC1CCC(C2(N)CCc3ccccc3C2)CC1C. The first-order valence-corrected chi connectivity index (χ1v) is 7.94. The summed E-state index contributed by atoms with van der Waals surface area (Å²) in [5, 5.41) is 0. The van der Waals surface area contributed by atoms with E-state index < -0.39 is 0 Å². The van der Waals surface area contributed by atoms with Crippen LogP contribution in [-0.2, 0) is 12.8 Å². The largest absolute Gasteiger partial charge is 0.325 e. The van der Waals surface area contributed by atoms with Crippen molar-refractivity contribution in [2.75, 3.05) is 0 Å². The molecule has 19 heavy (non-hydrogen) atoms. The van der Waals surface area contributed by atoms with Crippen LogP contribution in [0.5, 0.6) is 0 Å². The van der Waals surface area contributed by atoms with Gasteiger partial charge < -0.3 is 5.73 Å². The fraction of sp³-hybridized carbons (Fsp3) is 0.667. The van der Waals surface area contributed by atoms with E-state index in [0.717, 1.165) is 24.2 Å². The Balaban J connectivity index is 1.78. The monoisotopic (exact) mass is 257 g/mol. The van der Waals surface area contributed by atoms with Gasteiger partial charge in [-0.1, -0.05) is 44.5 Å². The molecule has 1 saturated carbocycles. The zero-order valence-corrected chi connectivity index (χ0v) is 12.4. The van der Waals surface area contributed by atoms with Crippen LogP contribution in [0.3, 0.4) is 0 Å². The maximum Gasteiger partial charge on any atom is 0.0227 e. The number of hydrogen-bond acceptors (Lipinski definition) is 1. The zero-order chi connectivity index (χ0) is 13.5. The Morgan fingerprint density at radius 3 is 2.53 bits per heavy atom. The standard InChI is InChI=1S/C18H27N/c1-13-7-8-17(11-14(13)2)18(19)10-9-15-5-3-4-6-16(15)12-18/h3-6,13-14,17H,7-12,19H2,1-2H3. The molecular weight excluding hydrogens is 230 g/mol. The summed E-state index contributed by atoms with van der Waals surface area (Å²) in [5.41, 5.74) is 9.95. The van der Waals surface area contributed by atoms with Crippen molar-refractivity contribution in [2.45, 2.75) is 57.9 Å². The van der Waals surface area contributed by atoms with Crippen LogP contribution >= 0.6 is 0 Å². The summed E-state index contributed by atoms with van der Waals surface area (Å²) in [6.07, 6.45) is 7.48. The van der Waals surface area contributed by atoms with Crippen molar-refractivity contribution in [2.24, 2.45) is 23.5 Å². The normalized spacial score (nSPS) is 38.8. The van der Waals surface area contributed by atoms with Gasteiger partial charge in [0.2, 0.25) is 0 Å². The highest BCUT2D eigenvalue weighted by Crippen LogP contribution is 2.42. The maximum atomic E-state index is 6.86. The number of rotatable bonds is 1. The topological polar surface area (TPSA) is 26.0 Å². The lowest BCUT2D eigenvalue weighted by molar-refractivity contribution is 0.122. The Hall–Kier alpha value is -0.820. The van der Waals surface area contributed by atoms with Gasteiger partial charge in [0.1, 0.15) is 0 Å². The second-order valence-electron chi connectivity index (χ2n) is 7.14. The minimum Gasteiger partial charge on any atom is -0.325 e. The average molecular weight is 257 g/mol. The molecule has 3 rings (SSSR count). The van der Waals surface area contributed by atoms with Gasteiger partial charge in [-0.25, -0.2) is 0 Å². The summed E-state index contributed by atoms with van der Waals surface area (Å²) in [6.45, 7) is 4.82. The molecule has 1 nitrogen and oxygen atoms in total. The van der Waals surface area contributed by atoms with Crippen molar-refractivity contribution >= 4 is 0 Å². The quantitative estimate of drug-likeness (QED) is 0.810. The van der Waals surface area contributed by atoms with Gasteiger partial charge >= 0.3 is 0 Å². The molecule has 0 radical (unpaired) electrons. The van der Waals surface area contributed by atoms with Gasteiger partial charge in [-0.15, -0.1) is 0 Å². The molecule has 4 atom stereocenters. The molecule has 1 aromatic carbocycles. The Labute approximate surface area is 117 Å². The third-order valence-corrected chi connectivity index (χ3v) is 5.91. The van der Waals surface area contributed by atoms with Crippen molar-refractivity contribution in [1.29, 1.82) is 0 Å². The van der Waals surface area contributed by atoms with E-state index >= 15 is 0 Å². The molecule has 1 aromatic rings. The first-order chi connectivity index (χ1) is 9.08. The summed E-state index contributed by atoms with van der Waals surface area (Å²) >= 11 is 0. The number of benzene rings is 1. The molecule has 0 aliphatic heterocycles. The van der Waals surface area contributed by atoms with Crippen molar-refractivity contribution in [3.8, 4) is 0 Å². The van der Waals surface area contributed by atoms with Crippen LogP contribution < -0.4 is 5.73 Å². The van der Waals surface area contributed by atoms with E-state index in [4.69, 9.17) is 5.73 Å². The minimum atomic E-state index is 0.0583. The lowest BCUT2D eigenvalue weighted by Gasteiger charge is -2.46. The highest BCUT2D eigenvalue weighted by Gasteiger charge is 2.40. The highest BCUT2D eigenvalue weighted by atomic mass is 14.8. The van der Waals surface area contributed by atoms with E-state index in [-0.39, 0.29) is 5.54 Å². The molecule has 4 unspecified atom stereocenters. The van der Waals surface area contributed by atoms with Gasteiger partial charge in [0.25, 0.3) is 0 Å². The number of nitrogens with two attached hydrogens (primary N) is 1. The van der Waals surface area contributed by atoms with Crippen LogP contribution in [0.2, 0.25) is 0 Å². The summed E-state index contributed by atoms with van der Waals surface area (Å²) < 4.78 is 0. The molecular formula is C18H27N. The van der Waals surface area contributed by atoms with Gasteiger partial charge in [0, 0.05) is 5.54 Å². The molecule has 2 aliphatic carbocycles. The third kappa shape index (κ3) is 2.45. The van der Waals surface area contributed by atoms with Crippen molar-refractivity contribution < 1.29 is 0 Å². The molecule has 0 spiro atoms. The molecule has 1 fully saturated rings. The van der Waals surface area contributed by atoms with E-state index in [1.807, 2.05) is 0 Å². The van der Waals surface area contributed by atoms with Crippen LogP contribution in [0, 0.1) is 17.8 Å². The Morgan fingerprint density at radius 1 is 1.05 bits per heavy atom. The van der Waals surface area contributed by atoms with Gasteiger partial charge in [0.15, 0.2) is 0 Å². The van der Waals surface area contributed by atoms with Crippen LogP contribution in [-0.4, -0.2) is 5.54 Å². The Morgan fingerprint density at radius 2 is 1.79 bits per heavy atom. The number of aryl methyl sites for hydroxylation is 1. The van der Waals surface area contributed by atoms with Crippen LogP contribution in [0.1, 0.15) is 50.7 Å². The average Bonchev–Trinajstić information content (AvgIpc) is 2.41. The fourth-order valence-electron chi connectivity index (χ4n) is 4.20. The van der Waals surface area contributed by atoms with Gasteiger partial charge in [-0.2, -0.15) is 0 Å². The van der Waals surface area contributed by atoms with E-state index in [0.29, 0.717) is 0 Å². The lowest BCUT2D eigenvalue weighted by Crippen LogP contribution is -2.53. The van der Waals surface area contributed by atoms with E-state index in [2.05, 4.69) is 38.1 Å². The summed E-state index contributed by atoms with van der Waals surface area (Å²) in [7, 11) is 0. The summed E-state index contributed by atoms with van der Waals surface area (Å²) in [6, 6.07) is 8.88. The van der Waals surface area contributed by atoms with E-state index in [1.54, 1.807) is 0 Å². The molecule has 2 N–H and O–H groups in total. The van der Waals surface area contributed by atoms with Crippen LogP contribution in [0.25, 0.3) is 0 Å². The van der Waals surface area contributed by atoms with E-state index in [9.17, 15) is 0 Å². The van der Waals surface area contributed by atoms with Crippen LogP contribution in [0.4, 0.5) is 0 Å². The molecule has 104 valence electrons. The Bertz CT molecular complexity index is 453. The predicted octanol–water partition coefficient (Wildman–Crippen LogP) is 3.95. The second kappa shape index (κ2) is 4.94. The maximum absolute atomic E-state index is 6.86. The summed E-state index contributed by atoms with van der Waals surface area (Å²) in [5.74, 6) is 2.46.